The summed E-state index contributed by atoms with van der Waals surface area (Å²) in [5, 5.41) is 10.8. The predicted octanol–water partition coefficient (Wildman–Crippen LogP) is 4.57. The second kappa shape index (κ2) is 10.9. The first kappa shape index (κ1) is 15.4. The van der Waals surface area contributed by atoms with Crippen LogP contribution in [0.1, 0.15) is 78.1 Å². The average Bonchev–Trinajstić information content (AvgIpc) is 2.26. The quantitative estimate of drug-likeness (QED) is 0.296. The van der Waals surface area contributed by atoms with Crippen LogP contribution in [0.15, 0.2) is 0 Å². The van der Waals surface area contributed by atoms with Gasteiger partial charge in [0.2, 0.25) is 6.04 Å². The Bertz CT molecular complexity index is 171. The lowest BCUT2D eigenvalue weighted by molar-refractivity contribution is -0.524. The summed E-state index contributed by atoms with van der Waals surface area (Å²) in [6.45, 7) is 4.29. The molecular weight excluding hydrogens is 202 g/mol. The number of rotatable bonds is 11. The number of nitro groups is 1. The molecule has 0 aromatic carbocycles. The maximum atomic E-state index is 10.8. The van der Waals surface area contributed by atoms with E-state index in [2.05, 4.69) is 13.8 Å². The standard InChI is InChI=1S/C13H27NO2/c1-3-5-7-8-9-10-12-13(14(15)16)11-6-4-2/h13H,3-12H2,1-2H3. The number of unbranched alkanes of at least 4 members (excludes halogenated alkanes) is 6. The summed E-state index contributed by atoms with van der Waals surface area (Å²) in [5.74, 6) is 0. The van der Waals surface area contributed by atoms with Crippen molar-refractivity contribution in [1.82, 2.24) is 0 Å². The molecule has 0 aromatic rings. The van der Waals surface area contributed by atoms with Gasteiger partial charge in [0.1, 0.15) is 0 Å². The zero-order chi connectivity index (χ0) is 12.2. The van der Waals surface area contributed by atoms with Gasteiger partial charge >= 0.3 is 0 Å². The molecule has 1 unspecified atom stereocenters. The van der Waals surface area contributed by atoms with Gasteiger partial charge in [-0.3, -0.25) is 10.1 Å². The molecule has 0 saturated carbocycles. The summed E-state index contributed by atoms with van der Waals surface area (Å²) >= 11 is 0. The van der Waals surface area contributed by atoms with Gasteiger partial charge in [-0.05, 0) is 12.8 Å². The first-order valence-corrected chi connectivity index (χ1v) is 6.85. The molecule has 0 saturated heterocycles. The van der Waals surface area contributed by atoms with Gasteiger partial charge < -0.3 is 0 Å². The summed E-state index contributed by atoms with van der Waals surface area (Å²) in [7, 11) is 0. The van der Waals surface area contributed by atoms with E-state index in [9.17, 15) is 10.1 Å². The van der Waals surface area contributed by atoms with E-state index in [0.29, 0.717) is 0 Å². The van der Waals surface area contributed by atoms with Gasteiger partial charge in [0.05, 0.1) is 0 Å². The van der Waals surface area contributed by atoms with Crippen molar-refractivity contribution in [3.05, 3.63) is 10.1 Å². The highest BCUT2D eigenvalue weighted by Crippen LogP contribution is 2.14. The molecule has 0 aromatic heterocycles. The summed E-state index contributed by atoms with van der Waals surface area (Å²) in [6.07, 6.45) is 10.9. The highest BCUT2D eigenvalue weighted by molar-refractivity contribution is 4.57. The predicted molar refractivity (Wildman–Crippen MR) is 68.3 cm³/mol. The summed E-state index contributed by atoms with van der Waals surface area (Å²) in [4.78, 5) is 10.7. The van der Waals surface area contributed by atoms with E-state index >= 15 is 0 Å². The van der Waals surface area contributed by atoms with E-state index in [0.717, 1.165) is 38.5 Å². The fourth-order valence-electron chi connectivity index (χ4n) is 1.96. The van der Waals surface area contributed by atoms with Crippen molar-refractivity contribution in [3.8, 4) is 0 Å². The Morgan fingerprint density at radius 3 is 1.94 bits per heavy atom. The van der Waals surface area contributed by atoms with Crippen LogP contribution in [0.4, 0.5) is 0 Å². The zero-order valence-electron chi connectivity index (χ0n) is 10.9. The highest BCUT2D eigenvalue weighted by atomic mass is 16.6. The summed E-state index contributed by atoms with van der Waals surface area (Å²) in [5.41, 5.74) is 0. The Labute approximate surface area is 99.8 Å². The smallest absolute Gasteiger partial charge is 0.213 e. The van der Waals surface area contributed by atoms with Gasteiger partial charge in [0.25, 0.3) is 0 Å². The molecule has 0 amide bonds. The van der Waals surface area contributed by atoms with E-state index in [1.54, 1.807) is 0 Å². The second-order valence-corrected chi connectivity index (χ2v) is 4.64. The molecule has 0 bridgehead atoms. The normalized spacial score (nSPS) is 12.6. The van der Waals surface area contributed by atoms with Gasteiger partial charge in [0.15, 0.2) is 0 Å². The van der Waals surface area contributed by atoms with Crippen molar-refractivity contribution in [2.24, 2.45) is 0 Å². The molecule has 0 radical (unpaired) electrons. The van der Waals surface area contributed by atoms with Crippen LogP contribution in [0.25, 0.3) is 0 Å². The summed E-state index contributed by atoms with van der Waals surface area (Å²) in [6, 6.07) is -0.286. The van der Waals surface area contributed by atoms with Crippen molar-refractivity contribution in [3.63, 3.8) is 0 Å². The lowest BCUT2D eigenvalue weighted by Gasteiger charge is -2.08. The van der Waals surface area contributed by atoms with Crippen LogP contribution in [0.3, 0.4) is 0 Å². The first-order valence-electron chi connectivity index (χ1n) is 6.85. The molecule has 1 atom stereocenters. The van der Waals surface area contributed by atoms with Crippen LogP contribution in [0, 0.1) is 10.1 Å². The third-order valence-corrected chi connectivity index (χ3v) is 3.08. The molecule has 3 nitrogen and oxygen atoms in total. The zero-order valence-corrected chi connectivity index (χ0v) is 10.9. The van der Waals surface area contributed by atoms with E-state index in [-0.39, 0.29) is 11.0 Å². The van der Waals surface area contributed by atoms with Gasteiger partial charge in [-0.25, -0.2) is 0 Å². The lowest BCUT2D eigenvalue weighted by Crippen LogP contribution is -2.19. The number of nitrogens with zero attached hydrogens (tertiary/aromatic N) is 1. The van der Waals surface area contributed by atoms with Crippen molar-refractivity contribution in [2.75, 3.05) is 0 Å². The molecule has 0 heterocycles. The Morgan fingerprint density at radius 1 is 0.875 bits per heavy atom. The van der Waals surface area contributed by atoms with Crippen molar-refractivity contribution in [1.29, 1.82) is 0 Å². The van der Waals surface area contributed by atoms with Crippen LogP contribution in [0.5, 0.6) is 0 Å². The largest absolute Gasteiger partial charge is 0.264 e. The monoisotopic (exact) mass is 229 g/mol. The molecule has 16 heavy (non-hydrogen) atoms. The Kier molecular flexibility index (Phi) is 10.5. The van der Waals surface area contributed by atoms with Gasteiger partial charge in [-0.2, -0.15) is 0 Å². The molecule has 0 rings (SSSR count). The van der Waals surface area contributed by atoms with Gasteiger partial charge in [0, 0.05) is 17.8 Å². The van der Waals surface area contributed by atoms with E-state index in [4.69, 9.17) is 0 Å². The number of hydrogen-bond donors (Lipinski definition) is 0. The highest BCUT2D eigenvalue weighted by Gasteiger charge is 2.17. The fourth-order valence-corrected chi connectivity index (χ4v) is 1.96. The van der Waals surface area contributed by atoms with Gasteiger partial charge in [-0.15, -0.1) is 0 Å². The molecule has 0 fully saturated rings. The second-order valence-electron chi connectivity index (χ2n) is 4.64. The van der Waals surface area contributed by atoms with E-state index < -0.39 is 0 Å². The SMILES string of the molecule is CCCCCCCCC(CCCC)[N+](=O)[O-]. The maximum Gasteiger partial charge on any atom is 0.213 e. The minimum atomic E-state index is -0.286. The Balaban J connectivity index is 3.48. The average molecular weight is 229 g/mol. The van der Waals surface area contributed by atoms with Crippen molar-refractivity contribution < 1.29 is 4.92 Å². The molecule has 0 N–H and O–H groups in total. The van der Waals surface area contributed by atoms with Crippen molar-refractivity contribution in [2.45, 2.75) is 84.1 Å². The van der Waals surface area contributed by atoms with Crippen LogP contribution >= 0.6 is 0 Å². The molecule has 3 heteroatoms. The Hall–Kier alpha value is -0.600. The van der Waals surface area contributed by atoms with Crippen LogP contribution in [0.2, 0.25) is 0 Å². The van der Waals surface area contributed by atoms with Crippen LogP contribution < -0.4 is 0 Å². The first-order chi connectivity index (χ1) is 7.72. The topological polar surface area (TPSA) is 43.1 Å². The van der Waals surface area contributed by atoms with Crippen LogP contribution in [-0.2, 0) is 0 Å². The maximum absolute atomic E-state index is 10.8. The molecule has 0 aliphatic rings. The van der Waals surface area contributed by atoms with Crippen LogP contribution in [-0.4, -0.2) is 11.0 Å². The summed E-state index contributed by atoms with van der Waals surface area (Å²) < 4.78 is 0. The molecular formula is C13H27NO2. The fraction of sp³-hybridized carbons (Fsp3) is 1.00. The third-order valence-electron chi connectivity index (χ3n) is 3.08. The minimum Gasteiger partial charge on any atom is -0.264 e. The lowest BCUT2D eigenvalue weighted by atomic mass is 10.0. The van der Waals surface area contributed by atoms with E-state index in [1.807, 2.05) is 0 Å². The molecule has 0 aliphatic carbocycles. The number of hydrogen-bond acceptors (Lipinski definition) is 2. The van der Waals surface area contributed by atoms with E-state index in [1.165, 1.54) is 25.7 Å². The minimum absolute atomic E-state index is 0.0816. The molecule has 0 aliphatic heterocycles. The molecule has 0 spiro atoms. The Morgan fingerprint density at radius 2 is 1.38 bits per heavy atom. The third kappa shape index (κ3) is 8.69. The van der Waals surface area contributed by atoms with Gasteiger partial charge in [-0.1, -0.05) is 52.4 Å². The molecule has 96 valence electrons. The van der Waals surface area contributed by atoms with Crippen molar-refractivity contribution >= 4 is 0 Å².